The van der Waals surface area contributed by atoms with Gasteiger partial charge in [-0.25, -0.2) is 0 Å². The van der Waals surface area contributed by atoms with E-state index in [4.69, 9.17) is 61.3 Å². The SMILES string of the molecule is O=[N+]([O-])O.O=[N+]([O-])O.O=[N+]([O-])O.O=[N+]([O-])O.[Ti]. The van der Waals surface area contributed by atoms with Gasteiger partial charge in [-0.3, -0.25) is 0 Å². The van der Waals surface area contributed by atoms with Gasteiger partial charge in [-0.1, -0.05) is 0 Å². The van der Waals surface area contributed by atoms with E-state index < -0.39 is 20.3 Å². The van der Waals surface area contributed by atoms with Crippen LogP contribution in [0.2, 0.25) is 0 Å². The molecule has 0 rings (SSSR count). The van der Waals surface area contributed by atoms with Gasteiger partial charge in [0.2, 0.25) is 0 Å². The molecule has 0 amide bonds. The summed E-state index contributed by atoms with van der Waals surface area (Å²) in [5.74, 6) is 0. The average Bonchev–Trinajstić information content (AvgIpc) is 1.76. The van der Waals surface area contributed by atoms with E-state index in [1.807, 2.05) is 0 Å². The Morgan fingerprint density at radius 1 is 0.529 bits per heavy atom. The van der Waals surface area contributed by atoms with Crippen molar-refractivity contribution in [1.29, 1.82) is 0 Å². The maximum absolute atomic E-state index is 8.36. The molecule has 0 aromatic heterocycles. The van der Waals surface area contributed by atoms with Gasteiger partial charge in [0.1, 0.15) is 0 Å². The molecule has 0 radical (unpaired) electrons. The fourth-order valence-corrected chi connectivity index (χ4v) is 0. The zero-order chi connectivity index (χ0) is 14.3. The Kier molecular flexibility index (Phi) is 40.3. The van der Waals surface area contributed by atoms with E-state index in [0.717, 1.165) is 0 Å². The minimum atomic E-state index is -1.50. The second-order valence-electron chi connectivity index (χ2n) is 0.951. The van der Waals surface area contributed by atoms with Crippen LogP contribution in [0, 0.1) is 40.5 Å². The molecule has 0 aromatic rings. The largest absolute Gasteiger partial charge is 0.328 e. The van der Waals surface area contributed by atoms with E-state index >= 15 is 0 Å². The zero-order valence-electron chi connectivity index (χ0n) is 7.34. The average molecular weight is 300 g/mol. The molecule has 17 heteroatoms. The van der Waals surface area contributed by atoms with Crippen LogP contribution < -0.4 is 0 Å². The number of hydrogen-bond acceptors (Lipinski definition) is 8. The fraction of sp³-hybridized carbons (Fsp3) is 0. The van der Waals surface area contributed by atoms with Gasteiger partial charge in [0.05, 0.1) is 0 Å². The van der Waals surface area contributed by atoms with E-state index in [0.29, 0.717) is 0 Å². The molecule has 0 fully saturated rings. The molecule has 4 N–H and O–H groups in total. The maximum atomic E-state index is 8.36. The van der Waals surface area contributed by atoms with Crippen molar-refractivity contribution in [3.63, 3.8) is 0 Å². The Morgan fingerprint density at radius 2 is 0.529 bits per heavy atom. The summed E-state index contributed by atoms with van der Waals surface area (Å²) >= 11 is 0. The molecule has 0 aliphatic carbocycles. The van der Waals surface area contributed by atoms with Crippen molar-refractivity contribution in [3.05, 3.63) is 40.5 Å². The molecule has 0 atom stereocenters. The quantitative estimate of drug-likeness (QED) is 0.229. The molecule has 0 heterocycles. The molecule has 0 saturated heterocycles. The number of hydrogen-bond donors (Lipinski definition) is 4. The van der Waals surface area contributed by atoms with Crippen LogP contribution in [0.25, 0.3) is 0 Å². The maximum Gasteiger partial charge on any atom is 0.291 e. The first kappa shape index (κ1) is 29.3. The molecule has 17 heavy (non-hydrogen) atoms. The predicted molar refractivity (Wildman–Crippen MR) is 35.1 cm³/mol. The topological polar surface area (TPSA) is 253 Å². The summed E-state index contributed by atoms with van der Waals surface area (Å²) in [5.41, 5.74) is 0. The monoisotopic (exact) mass is 300 g/mol. The van der Waals surface area contributed by atoms with Crippen LogP contribution >= 0.6 is 0 Å². The summed E-state index contributed by atoms with van der Waals surface area (Å²) in [7, 11) is 0. The van der Waals surface area contributed by atoms with Gasteiger partial charge in [-0.2, -0.15) is 0 Å². The first-order valence-corrected chi connectivity index (χ1v) is 2.26. The van der Waals surface area contributed by atoms with E-state index in [-0.39, 0.29) is 21.7 Å². The van der Waals surface area contributed by atoms with Crippen LogP contribution in [-0.4, -0.2) is 41.2 Å². The Morgan fingerprint density at radius 3 is 0.529 bits per heavy atom. The van der Waals surface area contributed by atoms with Crippen molar-refractivity contribution < 1.29 is 62.9 Å². The van der Waals surface area contributed by atoms with E-state index in [9.17, 15) is 0 Å². The Labute approximate surface area is 104 Å². The minimum absolute atomic E-state index is 0. The molecule has 0 bridgehead atoms. The van der Waals surface area contributed by atoms with Crippen LogP contribution in [-0.2, 0) is 21.7 Å². The third kappa shape index (κ3) is 290. The van der Waals surface area contributed by atoms with Gasteiger partial charge in [0, 0.05) is 21.7 Å². The van der Waals surface area contributed by atoms with Crippen molar-refractivity contribution in [2.24, 2.45) is 0 Å². The van der Waals surface area contributed by atoms with Gasteiger partial charge in [0.15, 0.2) is 0 Å². The summed E-state index contributed by atoms with van der Waals surface area (Å²) in [6.07, 6.45) is 0. The van der Waals surface area contributed by atoms with Crippen molar-refractivity contribution >= 4 is 0 Å². The van der Waals surface area contributed by atoms with Crippen LogP contribution in [0.1, 0.15) is 0 Å². The minimum Gasteiger partial charge on any atom is -0.328 e. The van der Waals surface area contributed by atoms with Crippen LogP contribution in [0.3, 0.4) is 0 Å². The van der Waals surface area contributed by atoms with Gasteiger partial charge in [0.25, 0.3) is 20.3 Å². The Hall–Kier alpha value is -2.49. The standard InChI is InChI=1S/4HNO3.Ti/c4*2-1(3)4;/h4*(H,2,3,4);. The summed E-state index contributed by atoms with van der Waals surface area (Å²) in [6, 6.07) is 0. The Balaban J connectivity index is -0.0000000369. The van der Waals surface area contributed by atoms with Gasteiger partial charge >= 0.3 is 0 Å². The molecule has 0 unspecified atom stereocenters. The molecule has 100 valence electrons. The molecule has 16 nitrogen and oxygen atoms in total. The molecular weight excluding hydrogens is 296 g/mol. The zero-order valence-corrected chi connectivity index (χ0v) is 8.91. The first-order chi connectivity index (χ1) is 6.93. The summed E-state index contributed by atoms with van der Waals surface area (Å²) in [4.78, 5) is 33.4. The van der Waals surface area contributed by atoms with Crippen LogP contribution in [0.4, 0.5) is 0 Å². The molecule has 0 saturated carbocycles. The van der Waals surface area contributed by atoms with Crippen LogP contribution in [0.5, 0.6) is 0 Å². The normalized spacial score (nSPS) is 5.65. The van der Waals surface area contributed by atoms with E-state index in [1.165, 1.54) is 0 Å². The second kappa shape index (κ2) is 23.4. The first-order valence-electron chi connectivity index (χ1n) is 2.26. The van der Waals surface area contributed by atoms with Crippen molar-refractivity contribution in [2.75, 3.05) is 0 Å². The van der Waals surface area contributed by atoms with Crippen LogP contribution in [0.15, 0.2) is 0 Å². The van der Waals surface area contributed by atoms with Gasteiger partial charge in [-0.15, -0.1) is 40.5 Å². The third-order valence-electron chi connectivity index (χ3n) is 0. The van der Waals surface area contributed by atoms with Crippen molar-refractivity contribution in [3.8, 4) is 0 Å². The molecule has 0 spiro atoms. The number of rotatable bonds is 0. The fourth-order valence-electron chi connectivity index (χ4n) is 0. The molecule has 0 aliphatic heterocycles. The predicted octanol–water partition coefficient (Wildman–Crippen LogP) is -1.39. The summed E-state index contributed by atoms with van der Waals surface area (Å²) in [5, 5.41) is 54.6. The third-order valence-corrected chi connectivity index (χ3v) is 0. The molecule has 0 aliphatic rings. The Bertz CT molecular complexity index is 159. The van der Waals surface area contributed by atoms with Gasteiger partial charge in [-0.05, 0) is 0 Å². The van der Waals surface area contributed by atoms with E-state index in [1.54, 1.807) is 0 Å². The second-order valence-corrected chi connectivity index (χ2v) is 0.951. The smallest absolute Gasteiger partial charge is 0.291 e. The molecular formula is H4N4O12Ti. The van der Waals surface area contributed by atoms with E-state index in [2.05, 4.69) is 0 Å². The van der Waals surface area contributed by atoms with Crippen molar-refractivity contribution in [1.82, 2.24) is 0 Å². The summed E-state index contributed by atoms with van der Waals surface area (Å²) in [6.45, 7) is 0. The summed E-state index contributed by atoms with van der Waals surface area (Å²) < 4.78 is 0. The van der Waals surface area contributed by atoms with Crippen molar-refractivity contribution in [2.45, 2.75) is 0 Å². The molecule has 0 aromatic carbocycles. The number of nitrogens with zero attached hydrogens (tertiary/aromatic N) is 4. The van der Waals surface area contributed by atoms with Gasteiger partial charge < -0.3 is 20.8 Å².